The molecule has 0 bridgehead atoms. The van der Waals surface area contributed by atoms with Gasteiger partial charge in [-0.1, -0.05) is 24.3 Å². The second-order valence-electron chi connectivity index (χ2n) is 6.97. The van der Waals surface area contributed by atoms with Crippen molar-refractivity contribution in [3.05, 3.63) is 59.2 Å². The third kappa shape index (κ3) is 4.54. The van der Waals surface area contributed by atoms with Crippen molar-refractivity contribution in [2.45, 2.75) is 42.5 Å². The smallest absolute Gasteiger partial charge is 0.254 e. The van der Waals surface area contributed by atoms with Gasteiger partial charge < -0.3 is 4.90 Å². The highest BCUT2D eigenvalue weighted by Crippen LogP contribution is 2.21. The van der Waals surface area contributed by atoms with E-state index < -0.39 is 10.0 Å². The summed E-state index contributed by atoms with van der Waals surface area (Å²) in [6, 6.07) is 12.5. The number of piperidine rings is 1. The van der Waals surface area contributed by atoms with Crippen LogP contribution in [0.15, 0.2) is 52.3 Å². The fourth-order valence-electron chi connectivity index (χ4n) is 3.30. The van der Waals surface area contributed by atoms with Crippen molar-refractivity contribution in [3.63, 3.8) is 0 Å². The van der Waals surface area contributed by atoms with Gasteiger partial charge >= 0.3 is 0 Å². The number of hydrogen-bond donors (Lipinski definition) is 2. The molecule has 5 nitrogen and oxygen atoms in total. The van der Waals surface area contributed by atoms with Gasteiger partial charge in [-0.05, 0) is 56.0 Å². The zero-order valence-electron chi connectivity index (χ0n) is 15.5. The molecule has 2 aromatic carbocycles. The number of hydrogen-bond acceptors (Lipinski definition) is 4. The first-order chi connectivity index (χ1) is 12.8. The van der Waals surface area contributed by atoms with Gasteiger partial charge in [0.25, 0.3) is 5.91 Å². The zero-order valence-corrected chi connectivity index (χ0v) is 17.2. The Morgan fingerprint density at radius 2 is 1.78 bits per heavy atom. The van der Waals surface area contributed by atoms with Gasteiger partial charge in [0, 0.05) is 24.0 Å². The highest BCUT2D eigenvalue weighted by atomic mass is 32.2. The van der Waals surface area contributed by atoms with E-state index in [2.05, 4.69) is 17.4 Å². The van der Waals surface area contributed by atoms with E-state index >= 15 is 0 Å². The first-order valence-corrected chi connectivity index (χ1v) is 10.9. The van der Waals surface area contributed by atoms with Gasteiger partial charge in [0.15, 0.2) is 0 Å². The van der Waals surface area contributed by atoms with Crippen LogP contribution in [-0.4, -0.2) is 38.4 Å². The minimum Gasteiger partial charge on any atom is -0.338 e. The fourth-order valence-corrected chi connectivity index (χ4v) is 5.20. The molecule has 1 N–H and O–H groups in total. The molecule has 7 heteroatoms. The average Bonchev–Trinajstić information content (AvgIpc) is 2.64. The van der Waals surface area contributed by atoms with Crippen LogP contribution in [-0.2, 0) is 10.0 Å². The number of amides is 1. The van der Waals surface area contributed by atoms with Crippen LogP contribution >= 0.6 is 12.6 Å². The van der Waals surface area contributed by atoms with Crippen molar-refractivity contribution >= 4 is 28.6 Å². The monoisotopic (exact) mass is 404 g/mol. The van der Waals surface area contributed by atoms with Crippen molar-refractivity contribution in [2.24, 2.45) is 0 Å². The van der Waals surface area contributed by atoms with E-state index in [9.17, 15) is 13.2 Å². The number of thiol groups is 1. The Morgan fingerprint density at radius 3 is 2.44 bits per heavy atom. The van der Waals surface area contributed by atoms with Crippen LogP contribution in [0.25, 0.3) is 0 Å². The van der Waals surface area contributed by atoms with E-state index in [1.54, 1.807) is 30.0 Å². The molecule has 1 fully saturated rings. The van der Waals surface area contributed by atoms with Crippen LogP contribution in [0, 0.1) is 13.8 Å². The largest absolute Gasteiger partial charge is 0.338 e. The van der Waals surface area contributed by atoms with E-state index in [-0.39, 0.29) is 11.9 Å². The summed E-state index contributed by atoms with van der Waals surface area (Å²) in [5.74, 6) is -0.0589. The Balaban J connectivity index is 1.65. The van der Waals surface area contributed by atoms with Crippen LogP contribution < -0.4 is 4.72 Å². The number of nitrogens with zero attached hydrogens (tertiary/aromatic N) is 1. The van der Waals surface area contributed by atoms with E-state index in [0.717, 1.165) is 11.1 Å². The Hall–Kier alpha value is -1.83. The quantitative estimate of drug-likeness (QED) is 0.769. The molecule has 144 valence electrons. The van der Waals surface area contributed by atoms with Crippen molar-refractivity contribution in [1.29, 1.82) is 0 Å². The molecule has 1 saturated heterocycles. The third-order valence-electron chi connectivity index (χ3n) is 4.87. The second kappa shape index (κ2) is 8.04. The molecule has 0 saturated carbocycles. The Bertz CT molecular complexity index is 949. The van der Waals surface area contributed by atoms with E-state index in [1.165, 1.54) is 0 Å². The van der Waals surface area contributed by atoms with Gasteiger partial charge in [-0.15, -0.1) is 12.6 Å². The normalized spacial score (nSPS) is 15.7. The topological polar surface area (TPSA) is 66.5 Å². The molecule has 0 aliphatic carbocycles. The maximum Gasteiger partial charge on any atom is 0.254 e. The van der Waals surface area contributed by atoms with Crippen LogP contribution in [0.2, 0.25) is 0 Å². The van der Waals surface area contributed by atoms with Crippen molar-refractivity contribution < 1.29 is 13.2 Å². The summed E-state index contributed by atoms with van der Waals surface area (Å²) in [6.45, 7) is 4.70. The molecule has 1 aliphatic rings. The summed E-state index contributed by atoms with van der Waals surface area (Å²) in [5.41, 5.74) is 2.22. The number of aryl methyl sites for hydroxylation is 2. The molecule has 1 aliphatic heterocycles. The van der Waals surface area contributed by atoms with Gasteiger partial charge in [0.05, 0.1) is 10.5 Å². The molecule has 2 aromatic rings. The summed E-state index contributed by atoms with van der Waals surface area (Å²) in [4.78, 5) is 15.4. The fraction of sp³-hybridized carbons (Fsp3) is 0.350. The average molecular weight is 405 g/mol. The Labute approximate surface area is 166 Å². The van der Waals surface area contributed by atoms with Gasteiger partial charge in [0.1, 0.15) is 0 Å². The number of sulfonamides is 1. The van der Waals surface area contributed by atoms with Crippen molar-refractivity contribution in [2.75, 3.05) is 13.1 Å². The molecule has 1 heterocycles. The SMILES string of the molecule is Cc1ccc(C)c(S(=O)(=O)NC2CCN(C(=O)c3ccccc3S)CC2)c1. The van der Waals surface area contributed by atoms with Crippen LogP contribution in [0.5, 0.6) is 0 Å². The lowest BCUT2D eigenvalue weighted by Gasteiger charge is -2.32. The van der Waals surface area contributed by atoms with Crippen LogP contribution in [0.4, 0.5) is 0 Å². The summed E-state index contributed by atoms with van der Waals surface area (Å²) in [5, 5.41) is 0. The molecule has 0 radical (unpaired) electrons. The summed E-state index contributed by atoms with van der Waals surface area (Å²) in [6.07, 6.45) is 1.18. The summed E-state index contributed by atoms with van der Waals surface area (Å²) in [7, 11) is -3.58. The molecule has 3 rings (SSSR count). The molecular formula is C20H24N2O3S2. The number of benzene rings is 2. The lowest BCUT2D eigenvalue weighted by Crippen LogP contribution is -2.46. The number of rotatable bonds is 4. The number of likely N-dealkylation sites (tertiary alicyclic amines) is 1. The number of carbonyl (C=O) groups excluding carboxylic acids is 1. The predicted octanol–water partition coefficient (Wildman–Crippen LogP) is 3.18. The number of nitrogens with one attached hydrogen (secondary N) is 1. The van der Waals surface area contributed by atoms with Crippen molar-refractivity contribution in [1.82, 2.24) is 9.62 Å². The standard InChI is InChI=1S/C20H24N2O3S2/c1-14-7-8-15(2)19(13-14)27(24,25)21-16-9-11-22(12-10-16)20(23)17-5-3-4-6-18(17)26/h3-8,13,16,21,26H,9-12H2,1-2H3. The second-order valence-corrected chi connectivity index (χ2v) is 9.14. The molecule has 27 heavy (non-hydrogen) atoms. The van der Waals surface area contributed by atoms with Gasteiger partial charge in [-0.3, -0.25) is 4.79 Å². The first kappa shape index (κ1) is 19.9. The highest BCUT2D eigenvalue weighted by Gasteiger charge is 2.28. The number of carbonyl (C=O) groups is 1. The van der Waals surface area contributed by atoms with E-state index in [0.29, 0.717) is 41.3 Å². The van der Waals surface area contributed by atoms with Crippen LogP contribution in [0.3, 0.4) is 0 Å². The minimum atomic E-state index is -3.58. The summed E-state index contributed by atoms with van der Waals surface area (Å²) < 4.78 is 28.3. The van der Waals surface area contributed by atoms with E-state index in [4.69, 9.17) is 0 Å². The van der Waals surface area contributed by atoms with Gasteiger partial charge in [-0.25, -0.2) is 13.1 Å². The molecule has 1 amide bonds. The lowest BCUT2D eigenvalue weighted by atomic mass is 10.0. The maximum atomic E-state index is 12.8. The molecule has 0 unspecified atom stereocenters. The highest BCUT2D eigenvalue weighted by molar-refractivity contribution is 7.89. The van der Waals surface area contributed by atoms with E-state index in [1.807, 2.05) is 31.2 Å². The van der Waals surface area contributed by atoms with Gasteiger partial charge in [0.2, 0.25) is 10.0 Å². The van der Waals surface area contributed by atoms with Gasteiger partial charge in [-0.2, -0.15) is 0 Å². The summed E-state index contributed by atoms with van der Waals surface area (Å²) >= 11 is 4.35. The van der Waals surface area contributed by atoms with Crippen LogP contribution in [0.1, 0.15) is 34.3 Å². The Kier molecular flexibility index (Phi) is 5.93. The molecule has 0 aromatic heterocycles. The molecule has 0 atom stereocenters. The first-order valence-electron chi connectivity index (χ1n) is 8.95. The lowest BCUT2D eigenvalue weighted by molar-refractivity contribution is 0.0708. The minimum absolute atomic E-state index is 0.0589. The predicted molar refractivity (Wildman–Crippen MR) is 109 cm³/mol. The zero-order chi connectivity index (χ0) is 19.6. The Morgan fingerprint density at radius 1 is 1.11 bits per heavy atom. The maximum absolute atomic E-state index is 12.8. The van der Waals surface area contributed by atoms with Crippen molar-refractivity contribution in [3.8, 4) is 0 Å². The third-order valence-corrected chi connectivity index (χ3v) is 6.92. The molecular weight excluding hydrogens is 380 g/mol. The molecule has 0 spiro atoms.